The molecule has 1 aliphatic carbocycles. The summed E-state index contributed by atoms with van der Waals surface area (Å²) >= 11 is 1.93. The molecule has 1 N–H and O–H groups in total. The number of nitrogens with zero attached hydrogens (tertiary/aromatic N) is 3. The summed E-state index contributed by atoms with van der Waals surface area (Å²) in [6, 6.07) is 7.32. The second kappa shape index (κ2) is 14.0. The lowest BCUT2D eigenvalue weighted by atomic mass is 9.95. The maximum atomic E-state index is 13.2. The van der Waals surface area contributed by atoms with E-state index >= 15 is 0 Å². The first kappa shape index (κ1) is 33.1. The van der Waals surface area contributed by atoms with E-state index in [1.54, 1.807) is 6.92 Å². The number of non-ortho nitro benzene ring substituents is 1. The van der Waals surface area contributed by atoms with Crippen molar-refractivity contribution in [2.45, 2.75) is 32.6 Å². The predicted octanol–water partition coefficient (Wildman–Crippen LogP) is 6.10. The van der Waals surface area contributed by atoms with E-state index in [9.17, 15) is 39.4 Å². The first-order chi connectivity index (χ1) is 22.5. The van der Waals surface area contributed by atoms with Crippen molar-refractivity contribution in [1.82, 2.24) is 4.90 Å². The van der Waals surface area contributed by atoms with Gasteiger partial charge < -0.3 is 19.5 Å². The summed E-state index contributed by atoms with van der Waals surface area (Å²) in [5.74, 6) is -1.99. The number of carbonyl (C=O) groups is 4. The number of esters is 1. The number of carbonyl (C=O) groups excluding carboxylic acids is 4. The molecule has 244 valence electrons. The third-order valence-corrected chi connectivity index (χ3v) is 9.25. The van der Waals surface area contributed by atoms with Crippen LogP contribution in [0.1, 0.15) is 46.1 Å². The van der Waals surface area contributed by atoms with Crippen LogP contribution in [-0.2, 0) is 27.2 Å². The lowest BCUT2D eigenvalue weighted by Crippen LogP contribution is -2.36. The molecular weight excluding hydrogens is 656 g/mol. The zero-order chi connectivity index (χ0) is 33.8. The van der Waals surface area contributed by atoms with Gasteiger partial charge in [-0.05, 0) is 79.8 Å². The third-order valence-electron chi connectivity index (χ3n) is 7.13. The molecule has 0 spiro atoms. The van der Waals surface area contributed by atoms with Gasteiger partial charge in [0.15, 0.2) is 11.5 Å². The Bertz CT molecular complexity index is 1850. The fourth-order valence-corrected chi connectivity index (χ4v) is 7.13. The van der Waals surface area contributed by atoms with E-state index < -0.39 is 50.8 Å². The third kappa shape index (κ3) is 7.10. The Kier molecular flexibility index (Phi) is 9.86. The number of ether oxygens (including phenoxy) is 3. The number of benzene rings is 2. The minimum Gasteiger partial charge on any atom is -0.493 e. The van der Waals surface area contributed by atoms with E-state index in [-0.39, 0.29) is 28.8 Å². The highest BCUT2D eigenvalue weighted by Crippen LogP contribution is 2.41. The van der Waals surface area contributed by atoms with Crippen molar-refractivity contribution in [2.24, 2.45) is 0 Å². The quantitative estimate of drug-likeness (QED) is 0.106. The number of anilines is 1. The second-order valence-electron chi connectivity index (χ2n) is 10.1. The number of fused-ring (bicyclic) bond motifs is 1. The van der Waals surface area contributed by atoms with E-state index in [2.05, 4.69) is 5.32 Å². The molecule has 0 radical (unpaired) electrons. The Labute approximate surface area is 274 Å². The maximum Gasteiger partial charge on any atom is 0.341 e. The molecule has 2 heterocycles. The van der Waals surface area contributed by atoms with E-state index in [4.69, 9.17) is 14.2 Å². The first-order valence-corrected chi connectivity index (χ1v) is 15.8. The molecule has 47 heavy (non-hydrogen) atoms. The largest absolute Gasteiger partial charge is 0.493 e. The van der Waals surface area contributed by atoms with Crippen molar-refractivity contribution in [1.29, 1.82) is 0 Å². The standard InChI is InChI=1S/C30H26N4O11S2/c1-3-44-29(37)26-18-6-4-5-7-23(18)46-27(26)31-25(35)15-32-28(36)24(47-30(32)38)13-16-8-10-21(22(12-16)43-2)45-20-11-9-17(33(39)40)14-19(20)34(41)42/h8-14H,3-7,15H2,1-2H3,(H,31,35)/b24-13+. The van der Waals surface area contributed by atoms with Crippen molar-refractivity contribution < 1.29 is 43.2 Å². The minimum atomic E-state index is -0.813. The normalized spacial score (nSPS) is 14.9. The average molecular weight is 683 g/mol. The fourth-order valence-electron chi connectivity index (χ4n) is 5.00. The van der Waals surface area contributed by atoms with Gasteiger partial charge in [-0.3, -0.25) is 39.5 Å². The van der Waals surface area contributed by atoms with Crippen LogP contribution in [0, 0.1) is 20.2 Å². The van der Waals surface area contributed by atoms with Gasteiger partial charge in [0.2, 0.25) is 11.7 Å². The molecule has 2 aliphatic rings. The van der Waals surface area contributed by atoms with Gasteiger partial charge >= 0.3 is 11.7 Å². The van der Waals surface area contributed by atoms with Crippen LogP contribution in [0.3, 0.4) is 0 Å². The van der Waals surface area contributed by atoms with Gasteiger partial charge in [0.1, 0.15) is 11.5 Å². The number of thioether (sulfide) groups is 1. The Hall–Kier alpha value is -5.29. The number of amides is 3. The number of nitrogens with one attached hydrogen (secondary N) is 1. The molecule has 0 unspecified atom stereocenters. The highest BCUT2D eigenvalue weighted by atomic mass is 32.2. The van der Waals surface area contributed by atoms with Gasteiger partial charge in [0.05, 0.1) is 40.1 Å². The highest BCUT2D eigenvalue weighted by Gasteiger charge is 2.37. The van der Waals surface area contributed by atoms with Crippen molar-refractivity contribution >= 4 is 68.6 Å². The Morgan fingerprint density at radius 3 is 2.47 bits per heavy atom. The van der Waals surface area contributed by atoms with Gasteiger partial charge in [-0.2, -0.15) is 0 Å². The van der Waals surface area contributed by atoms with Crippen molar-refractivity contribution in [3.05, 3.63) is 83.1 Å². The average Bonchev–Trinajstić information content (AvgIpc) is 3.53. The summed E-state index contributed by atoms with van der Waals surface area (Å²) in [5, 5.41) is 24.9. The molecule has 1 saturated heterocycles. The number of methoxy groups -OCH3 is 1. The van der Waals surface area contributed by atoms with Gasteiger partial charge in [-0.25, -0.2) is 4.79 Å². The molecule has 2 aromatic carbocycles. The SMILES string of the molecule is CCOC(=O)c1c(NC(=O)CN2C(=O)S/C(=C/c3ccc(Oc4ccc([N+](=O)[O-])cc4[N+](=O)[O-])c(OC)c3)C2=O)sc2c1CCCC2. The van der Waals surface area contributed by atoms with E-state index in [0.29, 0.717) is 34.3 Å². The van der Waals surface area contributed by atoms with Crippen molar-refractivity contribution in [3.63, 3.8) is 0 Å². The summed E-state index contributed by atoms with van der Waals surface area (Å²) in [7, 11) is 1.32. The molecular formula is C30H26N4O11S2. The molecule has 0 atom stereocenters. The Morgan fingerprint density at radius 2 is 1.77 bits per heavy atom. The first-order valence-electron chi connectivity index (χ1n) is 14.2. The van der Waals surface area contributed by atoms with E-state index in [1.165, 1.54) is 42.7 Å². The lowest BCUT2D eigenvalue weighted by Gasteiger charge is -2.13. The predicted molar refractivity (Wildman–Crippen MR) is 171 cm³/mol. The van der Waals surface area contributed by atoms with Crippen LogP contribution in [-0.4, -0.2) is 58.0 Å². The van der Waals surface area contributed by atoms with Gasteiger partial charge in [0.25, 0.3) is 16.8 Å². The van der Waals surface area contributed by atoms with Crippen LogP contribution in [0.5, 0.6) is 17.2 Å². The Morgan fingerprint density at radius 1 is 1.02 bits per heavy atom. The van der Waals surface area contributed by atoms with Crippen molar-refractivity contribution in [3.8, 4) is 17.2 Å². The van der Waals surface area contributed by atoms with Crippen molar-refractivity contribution in [2.75, 3.05) is 25.6 Å². The van der Waals surface area contributed by atoms with Gasteiger partial charge in [-0.1, -0.05) is 6.07 Å². The smallest absolute Gasteiger partial charge is 0.341 e. The zero-order valence-electron chi connectivity index (χ0n) is 24.9. The summed E-state index contributed by atoms with van der Waals surface area (Å²) in [4.78, 5) is 74.4. The number of nitro groups is 2. The fraction of sp³-hybridized carbons (Fsp3) is 0.267. The summed E-state index contributed by atoms with van der Waals surface area (Å²) in [6.45, 7) is 1.29. The van der Waals surface area contributed by atoms with Gasteiger partial charge in [-0.15, -0.1) is 11.3 Å². The summed E-state index contributed by atoms with van der Waals surface area (Å²) in [5.41, 5.74) is 0.481. The molecule has 17 heteroatoms. The van der Waals surface area contributed by atoms with Crippen LogP contribution in [0.25, 0.3) is 6.08 Å². The number of rotatable bonds is 11. The molecule has 0 saturated carbocycles. The molecule has 1 aliphatic heterocycles. The van der Waals surface area contributed by atoms with Crippen LogP contribution >= 0.6 is 23.1 Å². The number of hydrogen-bond donors (Lipinski definition) is 1. The van der Waals surface area contributed by atoms with Crippen LogP contribution in [0.15, 0.2) is 41.3 Å². The number of hydrogen-bond acceptors (Lipinski definition) is 13. The van der Waals surface area contributed by atoms with E-state index in [0.717, 1.165) is 52.8 Å². The number of imide groups is 1. The molecule has 5 rings (SSSR count). The highest BCUT2D eigenvalue weighted by molar-refractivity contribution is 8.18. The Balaban J connectivity index is 1.31. The molecule has 3 aromatic rings. The summed E-state index contributed by atoms with van der Waals surface area (Å²) in [6.07, 6.45) is 4.77. The molecule has 1 fully saturated rings. The molecule has 1 aromatic heterocycles. The number of thiophene rings is 1. The second-order valence-corrected chi connectivity index (χ2v) is 12.2. The summed E-state index contributed by atoms with van der Waals surface area (Å²) < 4.78 is 16.2. The topological polar surface area (TPSA) is 198 Å². The zero-order valence-corrected chi connectivity index (χ0v) is 26.6. The monoisotopic (exact) mass is 682 g/mol. The van der Waals surface area contributed by atoms with Gasteiger partial charge in [0, 0.05) is 10.9 Å². The number of aryl methyl sites for hydroxylation is 1. The van der Waals surface area contributed by atoms with Crippen LogP contribution in [0.2, 0.25) is 0 Å². The maximum absolute atomic E-state index is 13.2. The number of nitro benzene ring substituents is 2. The van der Waals surface area contributed by atoms with Crippen LogP contribution < -0.4 is 14.8 Å². The molecule has 0 bridgehead atoms. The van der Waals surface area contributed by atoms with Crippen LogP contribution in [0.4, 0.5) is 21.2 Å². The molecule has 15 nitrogen and oxygen atoms in total. The molecule has 3 amide bonds. The minimum absolute atomic E-state index is 0.0309. The lowest BCUT2D eigenvalue weighted by molar-refractivity contribution is -0.394. The van der Waals surface area contributed by atoms with E-state index in [1.807, 2.05) is 0 Å².